The van der Waals surface area contributed by atoms with E-state index in [1.165, 1.54) is 0 Å². The zero-order chi connectivity index (χ0) is 13.8. The molecule has 2 N–H and O–H groups in total. The largest absolute Gasteiger partial charge is 0.497 e. The van der Waals surface area contributed by atoms with E-state index in [2.05, 4.69) is 9.97 Å². The van der Waals surface area contributed by atoms with Crippen LogP contribution in [0.2, 0.25) is 0 Å². The molecule has 19 heavy (non-hydrogen) atoms. The molecule has 0 amide bonds. The van der Waals surface area contributed by atoms with Crippen molar-refractivity contribution in [2.75, 3.05) is 7.11 Å². The van der Waals surface area contributed by atoms with Crippen LogP contribution in [-0.2, 0) is 6.42 Å². The van der Waals surface area contributed by atoms with Crippen molar-refractivity contribution < 1.29 is 4.74 Å². The molecule has 0 unspecified atom stereocenters. The van der Waals surface area contributed by atoms with Gasteiger partial charge in [0.1, 0.15) is 11.6 Å². The fourth-order valence-electron chi connectivity index (χ4n) is 1.98. The first-order chi connectivity index (χ1) is 9.10. The number of nitrogens with two attached hydrogens (primary N) is 1. The van der Waals surface area contributed by atoms with Gasteiger partial charge in [-0.25, -0.2) is 9.97 Å². The van der Waals surface area contributed by atoms with Gasteiger partial charge < -0.3 is 10.5 Å². The molecule has 0 saturated heterocycles. The Labute approximate surface area is 113 Å². The highest BCUT2D eigenvalue weighted by molar-refractivity contribution is 5.29. The molecule has 0 aliphatic rings. The minimum absolute atomic E-state index is 0.0324. The van der Waals surface area contributed by atoms with Gasteiger partial charge in [0, 0.05) is 29.9 Å². The molecule has 0 saturated carbocycles. The van der Waals surface area contributed by atoms with Crippen molar-refractivity contribution in [1.82, 2.24) is 9.97 Å². The molecule has 0 bridgehead atoms. The van der Waals surface area contributed by atoms with E-state index >= 15 is 0 Å². The van der Waals surface area contributed by atoms with Crippen LogP contribution in [0.15, 0.2) is 30.5 Å². The maximum Gasteiger partial charge on any atom is 0.132 e. The Hall–Kier alpha value is -1.94. The number of ether oxygens (including phenoxy) is 1. The summed E-state index contributed by atoms with van der Waals surface area (Å²) in [4.78, 5) is 8.89. The lowest BCUT2D eigenvalue weighted by Crippen LogP contribution is -2.10. The zero-order valence-corrected chi connectivity index (χ0v) is 11.6. The van der Waals surface area contributed by atoms with Gasteiger partial charge in [-0.05, 0) is 31.5 Å². The summed E-state index contributed by atoms with van der Waals surface area (Å²) >= 11 is 0. The zero-order valence-electron chi connectivity index (χ0n) is 11.6. The first-order valence-corrected chi connectivity index (χ1v) is 6.31. The summed E-state index contributed by atoms with van der Waals surface area (Å²) in [5, 5.41) is 0. The van der Waals surface area contributed by atoms with Gasteiger partial charge in [-0.2, -0.15) is 0 Å². The first-order valence-electron chi connectivity index (χ1n) is 6.31. The Morgan fingerprint density at radius 2 is 1.95 bits per heavy atom. The van der Waals surface area contributed by atoms with Gasteiger partial charge in [-0.3, -0.25) is 0 Å². The highest BCUT2D eigenvalue weighted by Gasteiger charge is 2.07. The lowest BCUT2D eigenvalue weighted by Gasteiger charge is -2.10. The van der Waals surface area contributed by atoms with Crippen molar-refractivity contribution in [2.45, 2.75) is 26.3 Å². The average Bonchev–Trinajstić information content (AvgIpc) is 2.39. The number of benzene rings is 1. The van der Waals surface area contributed by atoms with Crippen LogP contribution in [0.25, 0.3) is 0 Å². The maximum atomic E-state index is 5.86. The number of aryl methyl sites for hydroxylation is 1. The van der Waals surface area contributed by atoms with Crippen molar-refractivity contribution >= 4 is 0 Å². The van der Waals surface area contributed by atoms with Crippen molar-refractivity contribution in [3.63, 3.8) is 0 Å². The molecule has 0 aliphatic carbocycles. The number of methoxy groups -OCH3 is 1. The SMILES string of the molecule is COc1ccc(Cc2ncc([C@H](C)N)c(C)n2)cc1. The summed E-state index contributed by atoms with van der Waals surface area (Å²) in [5.41, 5.74) is 8.97. The van der Waals surface area contributed by atoms with Crippen LogP contribution in [0.4, 0.5) is 0 Å². The van der Waals surface area contributed by atoms with Gasteiger partial charge in [0.25, 0.3) is 0 Å². The Morgan fingerprint density at radius 1 is 1.26 bits per heavy atom. The third kappa shape index (κ3) is 3.29. The highest BCUT2D eigenvalue weighted by atomic mass is 16.5. The molecule has 1 heterocycles. The van der Waals surface area contributed by atoms with Crippen LogP contribution in [-0.4, -0.2) is 17.1 Å². The normalized spacial score (nSPS) is 12.2. The number of hydrogen-bond acceptors (Lipinski definition) is 4. The van der Waals surface area contributed by atoms with Crippen molar-refractivity contribution in [3.05, 3.63) is 53.1 Å². The fraction of sp³-hybridized carbons (Fsp3) is 0.333. The lowest BCUT2D eigenvalue weighted by molar-refractivity contribution is 0.414. The number of nitrogens with zero attached hydrogens (tertiary/aromatic N) is 2. The highest BCUT2D eigenvalue weighted by Crippen LogP contribution is 2.15. The summed E-state index contributed by atoms with van der Waals surface area (Å²) in [6.07, 6.45) is 2.54. The third-order valence-corrected chi connectivity index (χ3v) is 3.08. The Kier molecular flexibility index (Phi) is 4.12. The summed E-state index contributed by atoms with van der Waals surface area (Å²) in [6.45, 7) is 3.91. The van der Waals surface area contributed by atoms with Crippen LogP contribution in [0.1, 0.15) is 35.6 Å². The minimum atomic E-state index is -0.0324. The number of rotatable bonds is 4. The second kappa shape index (κ2) is 5.80. The standard InChI is InChI=1S/C15H19N3O/c1-10(16)14-9-17-15(18-11(14)2)8-12-4-6-13(19-3)7-5-12/h4-7,9-10H,8,16H2,1-3H3/t10-/m0/s1. The van der Waals surface area contributed by atoms with Crippen molar-refractivity contribution in [3.8, 4) is 5.75 Å². The van der Waals surface area contributed by atoms with Crippen LogP contribution in [0, 0.1) is 6.92 Å². The Bertz CT molecular complexity index is 550. The Balaban J connectivity index is 2.16. The molecular formula is C15H19N3O. The van der Waals surface area contributed by atoms with E-state index in [1.807, 2.05) is 44.3 Å². The second-order valence-corrected chi connectivity index (χ2v) is 4.64. The quantitative estimate of drug-likeness (QED) is 0.913. The molecule has 2 aromatic rings. The summed E-state index contributed by atoms with van der Waals surface area (Å²) in [6, 6.07) is 7.90. The lowest BCUT2D eigenvalue weighted by atomic mass is 10.1. The van der Waals surface area contributed by atoms with Crippen LogP contribution in [0.5, 0.6) is 5.75 Å². The summed E-state index contributed by atoms with van der Waals surface area (Å²) in [5.74, 6) is 1.67. The van der Waals surface area contributed by atoms with E-state index in [9.17, 15) is 0 Å². The molecule has 0 radical (unpaired) electrons. The molecule has 2 rings (SSSR count). The predicted octanol–water partition coefficient (Wildman–Crippen LogP) is 2.40. The summed E-state index contributed by atoms with van der Waals surface area (Å²) in [7, 11) is 1.66. The van der Waals surface area contributed by atoms with E-state index in [0.717, 1.165) is 28.4 Å². The van der Waals surface area contributed by atoms with Crippen LogP contribution < -0.4 is 10.5 Å². The van der Waals surface area contributed by atoms with Crippen molar-refractivity contribution in [2.24, 2.45) is 5.73 Å². The van der Waals surface area contributed by atoms with E-state index < -0.39 is 0 Å². The topological polar surface area (TPSA) is 61.0 Å². The van der Waals surface area contributed by atoms with Gasteiger partial charge in [-0.1, -0.05) is 12.1 Å². The van der Waals surface area contributed by atoms with Crippen molar-refractivity contribution in [1.29, 1.82) is 0 Å². The summed E-state index contributed by atoms with van der Waals surface area (Å²) < 4.78 is 5.14. The van der Waals surface area contributed by atoms with E-state index in [1.54, 1.807) is 7.11 Å². The average molecular weight is 257 g/mol. The van der Waals surface area contributed by atoms with E-state index in [-0.39, 0.29) is 6.04 Å². The Morgan fingerprint density at radius 3 is 2.47 bits per heavy atom. The predicted molar refractivity (Wildman–Crippen MR) is 75.2 cm³/mol. The van der Waals surface area contributed by atoms with Crippen LogP contribution in [0.3, 0.4) is 0 Å². The van der Waals surface area contributed by atoms with Gasteiger partial charge in [0.05, 0.1) is 7.11 Å². The van der Waals surface area contributed by atoms with Gasteiger partial charge in [0.15, 0.2) is 0 Å². The number of hydrogen-bond donors (Lipinski definition) is 1. The molecule has 4 heteroatoms. The van der Waals surface area contributed by atoms with Gasteiger partial charge in [-0.15, -0.1) is 0 Å². The van der Waals surface area contributed by atoms with Gasteiger partial charge >= 0.3 is 0 Å². The molecule has 1 aromatic heterocycles. The molecular weight excluding hydrogens is 238 g/mol. The van der Waals surface area contributed by atoms with E-state index in [0.29, 0.717) is 6.42 Å². The maximum absolute atomic E-state index is 5.86. The molecule has 0 spiro atoms. The molecule has 0 fully saturated rings. The fourth-order valence-corrected chi connectivity index (χ4v) is 1.98. The van der Waals surface area contributed by atoms with E-state index in [4.69, 9.17) is 10.5 Å². The molecule has 0 aliphatic heterocycles. The second-order valence-electron chi connectivity index (χ2n) is 4.64. The number of aromatic nitrogens is 2. The monoisotopic (exact) mass is 257 g/mol. The minimum Gasteiger partial charge on any atom is -0.497 e. The molecule has 100 valence electrons. The first kappa shape index (κ1) is 13.5. The molecule has 1 aromatic carbocycles. The molecule has 4 nitrogen and oxygen atoms in total. The third-order valence-electron chi connectivity index (χ3n) is 3.08. The van der Waals surface area contributed by atoms with Gasteiger partial charge in [0.2, 0.25) is 0 Å². The molecule has 1 atom stereocenters. The smallest absolute Gasteiger partial charge is 0.132 e. The van der Waals surface area contributed by atoms with Crippen LogP contribution >= 0.6 is 0 Å².